The van der Waals surface area contributed by atoms with Crippen LogP contribution >= 0.6 is 0 Å². The standard InChI is InChI=1S/C29H29FN4O5S/c1-31-40(36,37)34(3)27-23-14-20(13-18-5-9-21(30)10-6-18)15-32-26(23)28(25-24(27)16-33(2)29(25)35)39-17-19-7-11-22(38-4)12-8-19/h5-12,14-16,31,35H,13,17H2,1-4H3. The second kappa shape index (κ2) is 10.7. The van der Waals surface area contributed by atoms with Gasteiger partial charge in [0.2, 0.25) is 5.88 Å². The molecule has 0 atom stereocenters. The molecule has 0 radical (unpaired) electrons. The molecule has 0 aliphatic heterocycles. The average Bonchev–Trinajstić information content (AvgIpc) is 3.25. The number of hydrogen-bond donors (Lipinski definition) is 2. The number of fused-ring (bicyclic) bond motifs is 2. The van der Waals surface area contributed by atoms with Crippen LogP contribution in [0.3, 0.4) is 0 Å². The number of methoxy groups -OCH3 is 1. The molecule has 0 aliphatic carbocycles. The Morgan fingerprint density at radius 1 is 1.05 bits per heavy atom. The van der Waals surface area contributed by atoms with Crippen molar-refractivity contribution < 1.29 is 27.4 Å². The normalized spacial score (nSPS) is 11.7. The van der Waals surface area contributed by atoms with Crippen LogP contribution in [-0.2, 0) is 30.3 Å². The Balaban J connectivity index is 1.72. The predicted molar refractivity (Wildman–Crippen MR) is 153 cm³/mol. The highest BCUT2D eigenvalue weighted by Gasteiger charge is 2.28. The zero-order chi connectivity index (χ0) is 28.6. The summed E-state index contributed by atoms with van der Waals surface area (Å²) < 4.78 is 56.0. The topological polar surface area (TPSA) is 106 Å². The van der Waals surface area contributed by atoms with Crippen molar-refractivity contribution in [2.24, 2.45) is 7.05 Å². The van der Waals surface area contributed by atoms with Gasteiger partial charge in [-0.25, -0.2) is 9.11 Å². The maximum atomic E-state index is 13.5. The summed E-state index contributed by atoms with van der Waals surface area (Å²) in [5, 5.41) is 12.4. The third-order valence-electron chi connectivity index (χ3n) is 6.84. The summed E-state index contributed by atoms with van der Waals surface area (Å²) in [5.74, 6) is 0.624. The Hall–Kier alpha value is -4.35. The monoisotopic (exact) mass is 564 g/mol. The Morgan fingerprint density at radius 2 is 1.73 bits per heavy atom. The van der Waals surface area contributed by atoms with Gasteiger partial charge < -0.3 is 19.1 Å². The van der Waals surface area contributed by atoms with Gasteiger partial charge in [0.25, 0.3) is 0 Å². The first kappa shape index (κ1) is 27.2. The Morgan fingerprint density at radius 3 is 2.38 bits per heavy atom. The van der Waals surface area contributed by atoms with Crippen LogP contribution in [0, 0.1) is 5.82 Å². The van der Waals surface area contributed by atoms with Crippen molar-refractivity contribution in [2.45, 2.75) is 13.0 Å². The molecule has 5 rings (SSSR count). The summed E-state index contributed by atoms with van der Waals surface area (Å²) in [7, 11) is 2.11. The molecule has 0 bridgehead atoms. The van der Waals surface area contributed by atoms with E-state index in [9.17, 15) is 17.9 Å². The average molecular weight is 565 g/mol. The smallest absolute Gasteiger partial charge is 0.301 e. The number of halogens is 1. The maximum absolute atomic E-state index is 13.5. The molecule has 0 amide bonds. The first-order chi connectivity index (χ1) is 19.1. The van der Waals surface area contributed by atoms with Crippen molar-refractivity contribution in [3.05, 3.63) is 89.5 Å². The van der Waals surface area contributed by atoms with Crippen LogP contribution in [0.1, 0.15) is 16.7 Å². The SMILES string of the molecule is CNS(=O)(=O)N(C)c1c2cc(Cc3ccc(F)cc3)cnc2c(OCc2ccc(OC)cc2)c2c(O)n(C)cc12. The number of pyridine rings is 1. The minimum Gasteiger partial charge on any atom is -0.497 e. The van der Waals surface area contributed by atoms with E-state index in [-0.39, 0.29) is 18.3 Å². The minimum atomic E-state index is -3.92. The predicted octanol–water partition coefficient (Wildman–Crippen LogP) is 4.65. The highest BCUT2D eigenvalue weighted by molar-refractivity contribution is 7.90. The van der Waals surface area contributed by atoms with Crippen LogP contribution < -0.4 is 18.5 Å². The lowest BCUT2D eigenvalue weighted by Gasteiger charge is -2.23. The van der Waals surface area contributed by atoms with Gasteiger partial charge in [-0.15, -0.1) is 0 Å². The van der Waals surface area contributed by atoms with Gasteiger partial charge in [0.1, 0.15) is 23.7 Å². The molecule has 0 saturated carbocycles. The van der Waals surface area contributed by atoms with Crippen molar-refractivity contribution in [3.63, 3.8) is 0 Å². The van der Waals surface area contributed by atoms with Crippen LogP contribution in [0.25, 0.3) is 21.7 Å². The molecular weight excluding hydrogens is 535 g/mol. The molecular formula is C29H29FN4O5S. The number of rotatable bonds is 9. The fraction of sp³-hybridized carbons (Fsp3) is 0.207. The van der Waals surface area contributed by atoms with E-state index >= 15 is 0 Å². The molecule has 0 spiro atoms. The number of benzene rings is 3. The molecule has 5 aromatic rings. The first-order valence-electron chi connectivity index (χ1n) is 12.4. The second-order valence-corrected chi connectivity index (χ2v) is 11.3. The van der Waals surface area contributed by atoms with Gasteiger partial charge >= 0.3 is 10.2 Å². The van der Waals surface area contributed by atoms with Gasteiger partial charge in [0, 0.05) is 44.3 Å². The number of ether oxygens (including phenoxy) is 2. The van der Waals surface area contributed by atoms with E-state index in [1.165, 1.54) is 30.8 Å². The molecule has 40 heavy (non-hydrogen) atoms. The molecule has 0 fully saturated rings. The van der Waals surface area contributed by atoms with Gasteiger partial charge in [-0.05, 0) is 53.4 Å². The zero-order valence-electron chi connectivity index (χ0n) is 22.5. The Kier molecular flexibility index (Phi) is 7.26. The molecule has 3 aromatic carbocycles. The van der Waals surface area contributed by atoms with Gasteiger partial charge in [-0.1, -0.05) is 24.3 Å². The van der Waals surface area contributed by atoms with E-state index in [2.05, 4.69) is 4.72 Å². The molecule has 0 saturated heterocycles. The minimum absolute atomic E-state index is 0.0877. The summed E-state index contributed by atoms with van der Waals surface area (Å²) in [5.41, 5.74) is 3.24. The first-order valence-corrected chi connectivity index (χ1v) is 13.9. The lowest BCUT2D eigenvalue weighted by molar-refractivity contribution is 0.311. The zero-order valence-corrected chi connectivity index (χ0v) is 23.3. The van der Waals surface area contributed by atoms with Crippen LogP contribution in [-0.4, -0.2) is 44.3 Å². The number of aromatic hydroxyl groups is 1. The summed E-state index contributed by atoms with van der Waals surface area (Å²) in [6.45, 7) is 0.172. The summed E-state index contributed by atoms with van der Waals surface area (Å²) >= 11 is 0. The van der Waals surface area contributed by atoms with Gasteiger partial charge in [0.15, 0.2) is 5.75 Å². The van der Waals surface area contributed by atoms with Crippen LogP contribution in [0.15, 0.2) is 67.0 Å². The lowest BCUT2D eigenvalue weighted by Crippen LogP contribution is -2.36. The maximum Gasteiger partial charge on any atom is 0.301 e. The number of nitrogens with one attached hydrogen (secondary N) is 1. The van der Waals surface area contributed by atoms with E-state index < -0.39 is 10.2 Å². The molecule has 2 N–H and O–H groups in total. The molecule has 0 aliphatic rings. The van der Waals surface area contributed by atoms with Crippen LogP contribution in [0.5, 0.6) is 17.4 Å². The van der Waals surface area contributed by atoms with Crippen LogP contribution in [0.2, 0.25) is 0 Å². The van der Waals surface area contributed by atoms with Crippen molar-refractivity contribution in [3.8, 4) is 17.4 Å². The molecule has 11 heteroatoms. The van der Waals surface area contributed by atoms with E-state index in [4.69, 9.17) is 14.5 Å². The van der Waals surface area contributed by atoms with E-state index in [0.29, 0.717) is 45.3 Å². The molecule has 2 aromatic heterocycles. The largest absolute Gasteiger partial charge is 0.497 e. The number of aryl methyl sites for hydroxylation is 1. The van der Waals surface area contributed by atoms with Crippen molar-refractivity contribution >= 4 is 37.6 Å². The van der Waals surface area contributed by atoms with E-state index in [0.717, 1.165) is 21.0 Å². The number of aromatic nitrogens is 2. The van der Waals surface area contributed by atoms with Crippen molar-refractivity contribution in [1.82, 2.24) is 14.3 Å². The Labute approximate surface area is 231 Å². The summed E-state index contributed by atoms with van der Waals surface area (Å²) in [6, 6.07) is 15.4. The highest BCUT2D eigenvalue weighted by Crippen LogP contribution is 2.47. The highest BCUT2D eigenvalue weighted by atomic mass is 32.2. The Bertz CT molecular complexity index is 1800. The van der Waals surface area contributed by atoms with Gasteiger partial charge in [-0.3, -0.25) is 9.29 Å². The molecule has 2 heterocycles. The molecule has 0 unspecified atom stereocenters. The van der Waals surface area contributed by atoms with Crippen molar-refractivity contribution in [2.75, 3.05) is 25.5 Å². The fourth-order valence-electron chi connectivity index (χ4n) is 4.70. The van der Waals surface area contributed by atoms with E-state index in [1.54, 1.807) is 38.7 Å². The third-order valence-corrected chi connectivity index (χ3v) is 8.26. The number of hydrogen-bond acceptors (Lipinski definition) is 6. The van der Waals surface area contributed by atoms with Gasteiger partial charge in [0.05, 0.1) is 18.2 Å². The quantitative estimate of drug-likeness (QED) is 0.270. The molecule has 9 nitrogen and oxygen atoms in total. The lowest BCUT2D eigenvalue weighted by atomic mass is 10.0. The van der Waals surface area contributed by atoms with Crippen LogP contribution in [0.4, 0.5) is 10.1 Å². The van der Waals surface area contributed by atoms with Crippen molar-refractivity contribution in [1.29, 1.82) is 0 Å². The third kappa shape index (κ3) is 5.01. The summed E-state index contributed by atoms with van der Waals surface area (Å²) in [6.07, 6.45) is 3.79. The number of nitrogens with zero attached hydrogens (tertiary/aromatic N) is 3. The fourth-order valence-corrected chi connectivity index (χ4v) is 5.41. The second-order valence-electron chi connectivity index (χ2n) is 9.39. The number of anilines is 1. The summed E-state index contributed by atoms with van der Waals surface area (Å²) in [4.78, 5) is 4.70. The van der Waals surface area contributed by atoms with Gasteiger partial charge in [-0.2, -0.15) is 8.42 Å². The van der Waals surface area contributed by atoms with E-state index in [1.807, 2.05) is 30.3 Å². The molecule has 208 valence electrons.